The van der Waals surface area contributed by atoms with Crippen molar-refractivity contribution in [2.45, 2.75) is 37.8 Å². The molecule has 0 aliphatic carbocycles. The van der Waals surface area contributed by atoms with Gasteiger partial charge in [-0.3, -0.25) is 4.98 Å². The highest BCUT2D eigenvalue weighted by atomic mass is 32.2. The van der Waals surface area contributed by atoms with E-state index < -0.39 is 15.9 Å². The first-order chi connectivity index (χ1) is 14.8. The molecule has 0 atom stereocenters. The molecule has 162 valence electrons. The average Bonchev–Trinajstić information content (AvgIpc) is 3.08. The SMILES string of the molecule is CC(C)c1nc(CCN=[N+]=[N-])n(Cc2cccnc2)c1S(=O)(=O)Oc1cccc(F)c1. The molecule has 3 rings (SSSR count). The zero-order valence-corrected chi connectivity index (χ0v) is 17.8. The van der Waals surface area contributed by atoms with E-state index in [-0.39, 0.29) is 36.2 Å². The Balaban J connectivity index is 2.13. The van der Waals surface area contributed by atoms with Gasteiger partial charge in [0.1, 0.15) is 17.4 Å². The summed E-state index contributed by atoms with van der Waals surface area (Å²) < 4.78 is 46.9. The molecule has 2 heterocycles. The number of hydrogen-bond acceptors (Lipinski definition) is 6. The monoisotopic (exact) mass is 444 g/mol. The van der Waals surface area contributed by atoms with Crippen LogP contribution in [0.4, 0.5) is 4.39 Å². The van der Waals surface area contributed by atoms with Crippen molar-refractivity contribution in [3.63, 3.8) is 0 Å². The fraction of sp³-hybridized carbons (Fsp3) is 0.300. The lowest BCUT2D eigenvalue weighted by Gasteiger charge is -2.14. The number of benzene rings is 1. The lowest BCUT2D eigenvalue weighted by Crippen LogP contribution is -2.19. The Hall–Kier alpha value is -3.43. The van der Waals surface area contributed by atoms with Crippen LogP contribution in [0.25, 0.3) is 10.4 Å². The van der Waals surface area contributed by atoms with Gasteiger partial charge in [0.15, 0.2) is 5.03 Å². The molecule has 0 saturated heterocycles. The molecule has 0 aliphatic rings. The van der Waals surface area contributed by atoms with Crippen LogP contribution in [-0.4, -0.2) is 29.5 Å². The minimum absolute atomic E-state index is 0.113. The lowest BCUT2D eigenvalue weighted by atomic mass is 10.1. The number of halogens is 1. The van der Waals surface area contributed by atoms with Crippen LogP contribution < -0.4 is 4.18 Å². The zero-order valence-electron chi connectivity index (χ0n) is 17.0. The molecule has 0 unspecified atom stereocenters. The number of imidazole rings is 1. The fourth-order valence-corrected chi connectivity index (χ4v) is 4.46. The van der Waals surface area contributed by atoms with Gasteiger partial charge in [0, 0.05) is 36.3 Å². The minimum Gasteiger partial charge on any atom is -0.378 e. The Kier molecular flexibility index (Phi) is 6.88. The van der Waals surface area contributed by atoms with Gasteiger partial charge in [-0.05, 0) is 35.2 Å². The normalized spacial score (nSPS) is 11.4. The highest BCUT2D eigenvalue weighted by Crippen LogP contribution is 2.29. The first kappa shape index (κ1) is 22.3. The van der Waals surface area contributed by atoms with Crippen LogP contribution in [0.1, 0.15) is 36.8 Å². The van der Waals surface area contributed by atoms with Crippen LogP contribution in [0.15, 0.2) is 58.9 Å². The van der Waals surface area contributed by atoms with E-state index in [0.29, 0.717) is 11.5 Å². The van der Waals surface area contributed by atoms with Crippen molar-refractivity contribution in [2.75, 3.05) is 6.54 Å². The second-order valence-electron chi connectivity index (χ2n) is 7.02. The molecule has 0 aliphatic heterocycles. The quantitative estimate of drug-likeness (QED) is 0.212. The van der Waals surface area contributed by atoms with E-state index in [4.69, 9.17) is 9.71 Å². The summed E-state index contributed by atoms with van der Waals surface area (Å²) in [7, 11) is -4.36. The van der Waals surface area contributed by atoms with Crippen LogP contribution in [0, 0.1) is 5.82 Å². The van der Waals surface area contributed by atoms with Crippen LogP contribution in [0.3, 0.4) is 0 Å². The van der Waals surface area contributed by atoms with E-state index in [9.17, 15) is 12.8 Å². The lowest BCUT2D eigenvalue weighted by molar-refractivity contribution is 0.468. The van der Waals surface area contributed by atoms with E-state index in [1.54, 1.807) is 18.5 Å². The van der Waals surface area contributed by atoms with Crippen molar-refractivity contribution in [2.24, 2.45) is 5.11 Å². The van der Waals surface area contributed by atoms with Crippen molar-refractivity contribution >= 4 is 10.1 Å². The standard InChI is InChI=1S/C20H21FN6O3S/c1-14(2)19-20(31(28,29)30-17-7-3-6-16(21)11-17)27(13-15-5-4-9-23-12-15)18(25-19)8-10-24-26-22/h3-7,9,11-12,14H,8,10,13H2,1-2H3. The summed E-state index contributed by atoms with van der Waals surface area (Å²) >= 11 is 0. The first-order valence-corrected chi connectivity index (χ1v) is 10.9. The fourth-order valence-electron chi connectivity index (χ4n) is 3.05. The predicted molar refractivity (Wildman–Crippen MR) is 112 cm³/mol. The van der Waals surface area contributed by atoms with Gasteiger partial charge in [0.05, 0.1) is 12.2 Å². The van der Waals surface area contributed by atoms with Crippen LogP contribution in [0.2, 0.25) is 0 Å². The molecule has 0 amide bonds. The number of nitrogens with zero attached hydrogens (tertiary/aromatic N) is 6. The molecule has 11 heteroatoms. The third-order valence-electron chi connectivity index (χ3n) is 4.37. The third kappa shape index (κ3) is 5.39. The van der Waals surface area contributed by atoms with Crippen molar-refractivity contribution in [3.05, 3.63) is 82.1 Å². The van der Waals surface area contributed by atoms with Gasteiger partial charge in [-0.1, -0.05) is 31.1 Å². The summed E-state index contributed by atoms with van der Waals surface area (Å²) in [5.74, 6) is -0.564. The predicted octanol–water partition coefficient (Wildman–Crippen LogP) is 4.21. The molecule has 0 radical (unpaired) electrons. The van der Waals surface area contributed by atoms with Gasteiger partial charge in [-0.25, -0.2) is 9.37 Å². The summed E-state index contributed by atoms with van der Waals surface area (Å²) in [6.07, 6.45) is 3.47. The van der Waals surface area contributed by atoms with Crippen molar-refractivity contribution in [1.82, 2.24) is 14.5 Å². The average molecular weight is 444 g/mol. The van der Waals surface area contributed by atoms with Crippen molar-refractivity contribution in [3.8, 4) is 5.75 Å². The molecule has 1 aromatic carbocycles. The number of pyridine rings is 1. The van der Waals surface area contributed by atoms with E-state index in [1.807, 2.05) is 19.9 Å². The van der Waals surface area contributed by atoms with Crippen LogP contribution in [0.5, 0.6) is 5.75 Å². The maximum atomic E-state index is 13.6. The molecule has 0 fully saturated rings. The summed E-state index contributed by atoms with van der Waals surface area (Å²) in [5, 5.41) is 3.41. The molecule has 0 N–H and O–H groups in total. The highest BCUT2D eigenvalue weighted by molar-refractivity contribution is 7.87. The number of hydrogen-bond donors (Lipinski definition) is 0. The zero-order chi connectivity index (χ0) is 22.4. The van der Waals surface area contributed by atoms with Gasteiger partial charge in [-0.15, -0.1) is 0 Å². The van der Waals surface area contributed by atoms with Gasteiger partial charge in [-0.2, -0.15) is 8.42 Å². The topological polar surface area (TPSA) is 123 Å². The number of azide groups is 1. The number of aromatic nitrogens is 3. The van der Waals surface area contributed by atoms with E-state index in [1.165, 1.54) is 22.8 Å². The molecule has 3 aromatic rings. The van der Waals surface area contributed by atoms with Gasteiger partial charge in [0.2, 0.25) is 0 Å². The summed E-state index contributed by atoms with van der Waals surface area (Å²) in [5.41, 5.74) is 9.66. The second kappa shape index (κ2) is 9.59. The van der Waals surface area contributed by atoms with E-state index in [0.717, 1.165) is 11.6 Å². The molecule has 31 heavy (non-hydrogen) atoms. The summed E-state index contributed by atoms with van der Waals surface area (Å²) in [6, 6.07) is 8.47. The smallest absolute Gasteiger partial charge is 0.357 e. The molecule has 0 spiro atoms. The summed E-state index contributed by atoms with van der Waals surface area (Å²) in [4.78, 5) is 11.3. The van der Waals surface area contributed by atoms with Crippen molar-refractivity contribution < 1.29 is 17.0 Å². The largest absolute Gasteiger partial charge is 0.378 e. The van der Waals surface area contributed by atoms with Crippen molar-refractivity contribution in [1.29, 1.82) is 0 Å². The molecule has 0 saturated carbocycles. The Bertz CT molecular complexity index is 1200. The first-order valence-electron chi connectivity index (χ1n) is 9.51. The van der Waals surface area contributed by atoms with Crippen LogP contribution >= 0.6 is 0 Å². The second-order valence-corrected chi connectivity index (χ2v) is 8.48. The Morgan fingerprint density at radius 1 is 1.29 bits per heavy atom. The molecular formula is C20H21FN6O3S. The Morgan fingerprint density at radius 3 is 2.74 bits per heavy atom. The maximum Gasteiger partial charge on any atom is 0.357 e. The molecule has 2 aromatic heterocycles. The van der Waals surface area contributed by atoms with Gasteiger partial charge in [0.25, 0.3) is 0 Å². The summed E-state index contributed by atoms with van der Waals surface area (Å²) in [6.45, 7) is 3.91. The number of rotatable bonds is 9. The molecule has 0 bridgehead atoms. The van der Waals surface area contributed by atoms with Gasteiger partial charge >= 0.3 is 10.1 Å². The Morgan fingerprint density at radius 2 is 2.10 bits per heavy atom. The van der Waals surface area contributed by atoms with E-state index in [2.05, 4.69) is 20.0 Å². The molecule has 9 nitrogen and oxygen atoms in total. The maximum absolute atomic E-state index is 13.6. The highest BCUT2D eigenvalue weighted by Gasteiger charge is 2.31. The van der Waals surface area contributed by atoms with Gasteiger partial charge < -0.3 is 8.75 Å². The van der Waals surface area contributed by atoms with E-state index >= 15 is 0 Å². The third-order valence-corrected chi connectivity index (χ3v) is 5.69. The molecular weight excluding hydrogens is 423 g/mol. The Labute approximate surface area is 179 Å². The minimum atomic E-state index is -4.36. The van der Waals surface area contributed by atoms with Crippen LogP contribution in [-0.2, 0) is 23.1 Å².